The van der Waals surface area contributed by atoms with Gasteiger partial charge in [0.2, 0.25) is 0 Å². The van der Waals surface area contributed by atoms with Crippen molar-refractivity contribution in [2.45, 2.75) is 44.0 Å². The molecule has 5 nitrogen and oxygen atoms in total. The Bertz CT molecular complexity index is 1220. The van der Waals surface area contributed by atoms with Crippen LogP contribution in [0.25, 0.3) is 0 Å². The van der Waals surface area contributed by atoms with Gasteiger partial charge in [0.25, 0.3) is 15.9 Å². The molecule has 0 saturated carbocycles. The molecule has 0 bridgehead atoms. The molecule has 0 aliphatic heterocycles. The van der Waals surface area contributed by atoms with Crippen molar-refractivity contribution >= 4 is 21.6 Å². The number of benzene rings is 3. The number of anilines is 1. The molecular weight excluding hydrogens is 408 g/mol. The molecule has 0 unspecified atom stereocenters. The first-order valence-electron chi connectivity index (χ1n) is 10.4. The van der Waals surface area contributed by atoms with Crippen molar-refractivity contribution < 1.29 is 13.2 Å². The molecule has 1 aliphatic carbocycles. The number of rotatable bonds is 6. The van der Waals surface area contributed by atoms with Gasteiger partial charge in [-0.3, -0.25) is 9.52 Å². The van der Waals surface area contributed by atoms with Crippen molar-refractivity contribution in [3.8, 4) is 0 Å². The van der Waals surface area contributed by atoms with Crippen molar-refractivity contribution in [2.75, 3.05) is 4.72 Å². The maximum atomic E-state index is 12.8. The van der Waals surface area contributed by atoms with Gasteiger partial charge in [0, 0.05) is 11.3 Å². The molecule has 3 aromatic carbocycles. The average molecular weight is 435 g/mol. The maximum absolute atomic E-state index is 12.8. The summed E-state index contributed by atoms with van der Waals surface area (Å²) in [4.78, 5) is 13.0. The van der Waals surface area contributed by atoms with Crippen molar-refractivity contribution in [3.05, 3.63) is 94.5 Å². The lowest BCUT2D eigenvalue weighted by Gasteiger charge is -2.16. The highest BCUT2D eigenvalue weighted by Crippen LogP contribution is 2.26. The van der Waals surface area contributed by atoms with Gasteiger partial charge in [0.15, 0.2) is 0 Å². The fourth-order valence-electron chi connectivity index (χ4n) is 3.88. The van der Waals surface area contributed by atoms with Crippen LogP contribution in [0.15, 0.2) is 71.6 Å². The highest BCUT2D eigenvalue weighted by molar-refractivity contribution is 7.92. The molecule has 160 valence electrons. The molecule has 0 radical (unpaired) electrons. The molecule has 3 aromatic rings. The molecule has 31 heavy (non-hydrogen) atoms. The van der Waals surface area contributed by atoms with Gasteiger partial charge < -0.3 is 5.32 Å². The number of fused-ring (bicyclic) bond motifs is 1. The summed E-state index contributed by atoms with van der Waals surface area (Å²) < 4.78 is 27.8. The monoisotopic (exact) mass is 434 g/mol. The molecule has 0 saturated heterocycles. The van der Waals surface area contributed by atoms with E-state index in [1.807, 2.05) is 13.8 Å². The second-order valence-corrected chi connectivity index (χ2v) is 9.76. The van der Waals surface area contributed by atoms with Gasteiger partial charge >= 0.3 is 0 Å². The van der Waals surface area contributed by atoms with Crippen LogP contribution in [0.1, 0.15) is 52.0 Å². The minimum atomic E-state index is -3.73. The molecule has 0 aromatic heterocycles. The maximum Gasteiger partial charge on any atom is 0.261 e. The third kappa shape index (κ3) is 4.80. The Morgan fingerprint density at radius 2 is 1.68 bits per heavy atom. The molecule has 1 aliphatic rings. The highest BCUT2D eigenvalue weighted by atomic mass is 32.2. The Hall–Kier alpha value is -3.12. The lowest BCUT2D eigenvalue weighted by Crippen LogP contribution is -2.26. The number of amides is 1. The molecule has 6 heteroatoms. The van der Waals surface area contributed by atoms with Gasteiger partial charge in [-0.1, -0.05) is 42.0 Å². The summed E-state index contributed by atoms with van der Waals surface area (Å²) in [5, 5.41) is 3.02. The quantitative estimate of drug-likeness (QED) is 0.586. The van der Waals surface area contributed by atoms with Crippen LogP contribution < -0.4 is 10.0 Å². The summed E-state index contributed by atoms with van der Waals surface area (Å²) in [7, 11) is -3.73. The van der Waals surface area contributed by atoms with Gasteiger partial charge in [-0.25, -0.2) is 8.42 Å². The standard InChI is InChI=1S/C25H26N2O3S/c1-17-9-13-24(14-10-17)31(29,30)27-23-8-4-7-22(16-23)25(28)26-18(2)20-12-11-19-5-3-6-21(19)15-20/h4,7-16,18,27H,3,5-6H2,1-2H3,(H,26,28)/t18-/m0/s1. The topological polar surface area (TPSA) is 75.3 Å². The van der Waals surface area contributed by atoms with E-state index in [1.165, 1.54) is 17.5 Å². The van der Waals surface area contributed by atoms with E-state index in [2.05, 4.69) is 28.2 Å². The third-order valence-corrected chi connectivity index (χ3v) is 7.08. The Kier molecular flexibility index (Phi) is 5.83. The summed E-state index contributed by atoms with van der Waals surface area (Å²) in [5.74, 6) is -0.246. The third-order valence-electron chi connectivity index (χ3n) is 5.68. The zero-order chi connectivity index (χ0) is 22.0. The number of hydrogen-bond acceptors (Lipinski definition) is 3. The lowest BCUT2D eigenvalue weighted by atomic mass is 10.0. The highest BCUT2D eigenvalue weighted by Gasteiger charge is 2.17. The fourth-order valence-corrected chi connectivity index (χ4v) is 4.93. The molecule has 1 atom stereocenters. The van der Waals surface area contributed by atoms with Crippen LogP contribution in [0, 0.1) is 6.92 Å². The van der Waals surface area contributed by atoms with Crippen molar-refractivity contribution in [2.24, 2.45) is 0 Å². The van der Waals surface area contributed by atoms with Gasteiger partial charge in [0.05, 0.1) is 10.9 Å². The average Bonchev–Trinajstić information content (AvgIpc) is 3.22. The van der Waals surface area contributed by atoms with Crippen LogP contribution in [0.2, 0.25) is 0 Å². The first-order valence-corrected chi connectivity index (χ1v) is 11.9. The van der Waals surface area contributed by atoms with Crippen LogP contribution >= 0.6 is 0 Å². The largest absolute Gasteiger partial charge is 0.346 e. The van der Waals surface area contributed by atoms with E-state index in [0.717, 1.165) is 24.0 Å². The Morgan fingerprint density at radius 1 is 0.935 bits per heavy atom. The van der Waals surface area contributed by atoms with Crippen LogP contribution in [0.5, 0.6) is 0 Å². The number of carbonyl (C=O) groups excluding carboxylic acids is 1. The summed E-state index contributed by atoms with van der Waals surface area (Å²) >= 11 is 0. The van der Waals surface area contributed by atoms with Crippen molar-refractivity contribution in [1.29, 1.82) is 0 Å². The van der Waals surface area contributed by atoms with Crippen LogP contribution in [-0.4, -0.2) is 14.3 Å². The Morgan fingerprint density at radius 3 is 2.45 bits per heavy atom. The van der Waals surface area contributed by atoms with Gasteiger partial charge in [-0.2, -0.15) is 0 Å². The van der Waals surface area contributed by atoms with Crippen LogP contribution in [-0.2, 0) is 22.9 Å². The molecule has 2 N–H and O–H groups in total. The number of hydrogen-bond donors (Lipinski definition) is 2. The lowest BCUT2D eigenvalue weighted by molar-refractivity contribution is 0.0940. The van der Waals surface area contributed by atoms with E-state index in [4.69, 9.17) is 0 Å². The van der Waals surface area contributed by atoms with Gasteiger partial charge in [-0.05, 0) is 80.1 Å². The van der Waals surface area contributed by atoms with E-state index < -0.39 is 10.0 Å². The summed E-state index contributed by atoms with van der Waals surface area (Å²) in [6.45, 7) is 3.86. The number of aryl methyl sites for hydroxylation is 3. The molecule has 0 heterocycles. The smallest absolute Gasteiger partial charge is 0.261 e. The second kappa shape index (κ2) is 8.55. The van der Waals surface area contributed by atoms with Gasteiger partial charge in [0.1, 0.15) is 0 Å². The minimum absolute atomic E-state index is 0.147. The fraction of sp³-hybridized carbons (Fsp3) is 0.240. The summed E-state index contributed by atoms with van der Waals surface area (Å²) in [6.07, 6.45) is 3.40. The van der Waals surface area contributed by atoms with Gasteiger partial charge in [-0.15, -0.1) is 0 Å². The molecular formula is C25H26N2O3S. The van der Waals surface area contributed by atoms with E-state index in [0.29, 0.717) is 11.3 Å². The molecule has 4 rings (SSSR count). The van der Waals surface area contributed by atoms with Crippen molar-refractivity contribution in [1.82, 2.24) is 5.32 Å². The Balaban J connectivity index is 1.47. The number of sulfonamides is 1. The summed E-state index contributed by atoms with van der Waals surface area (Å²) in [5.41, 5.74) is 5.57. The van der Waals surface area contributed by atoms with E-state index in [-0.39, 0.29) is 16.8 Å². The zero-order valence-corrected chi connectivity index (χ0v) is 18.5. The first kappa shape index (κ1) is 21.1. The predicted molar refractivity (Wildman–Crippen MR) is 123 cm³/mol. The van der Waals surface area contributed by atoms with Crippen LogP contribution in [0.4, 0.5) is 5.69 Å². The second-order valence-electron chi connectivity index (χ2n) is 8.08. The number of nitrogens with one attached hydrogen (secondary N) is 2. The van der Waals surface area contributed by atoms with Crippen LogP contribution in [0.3, 0.4) is 0 Å². The number of carbonyl (C=O) groups is 1. The zero-order valence-electron chi connectivity index (χ0n) is 17.7. The van der Waals surface area contributed by atoms with Crippen molar-refractivity contribution in [3.63, 3.8) is 0 Å². The molecule has 0 spiro atoms. The normalized spacial score (nSPS) is 14.0. The van der Waals surface area contributed by atoms with E-state index in [1.54, 1.807) is 48.5 Å². The van der Waals surface area contributed by atoms with E-state index >= 15 is 0 Å². The van der Waals surface area contributed by atoms with E-state index in [9.17, 15) is 13.2 Å². The SMILES string of the molecule is Cc1ccc(S(=O)(=O)Nc2cccc(C(=O)N[C@@H](C)c3ccc4c(c3)CCC4)c2)cc1. The summed E-state index contributed by atoms with van der Waals surface area (Å²) in [6, 6.07) is 19.4. The predicted octanol–water partition coefficient (Wildman–Crippen LogP) is 4.78. The Labute approximate surface area is 183 Å². The minimum Gasteiger partial charge on any atom is -0.346 e. The molecule has 1 amide bonds. The molecule has 0 fully saturated rings. The first-order chi connectivity index (χ1) is 14.8.